The van der Waals surface area contributed by atoms with Crippen molar-refractivity contribution in [1.82, 2.24) is 4.31 Å². The molecule has 0 aromatic carbocycles. The first-order valence-electron chi connectivity index (χ1n) is 3.08. The first-order valence-corrected chi connectivity index (χ1v) is 4.69. The molecule has 0 unspecified atom stereocenters. The predicted molar refractivity (Wildman–Crippen MR) is 36.3 cm³/mol. The Morgan fingerprint density at radius 3 is 2.70 bits per heavy atom. The standard InChI is InChI=1S/C5H11NO3S/c7-4-3-6-2-1-5-10(6,8)9/h4,8-9H,1-3,5H2/p-2. The van der Waals surface area contributed by atoms with Crippen molar-refractivity contribution in [2.45, 2.75) is 6.42 Å². The molecule has 5 heteroatoms. The van der Waals surface area contributed by atoms with Gasteiger partial charge in [-0.3, -0.25) is 4.31 Å². The summed E-state index contributed by atoms with van der Waals surface area (Å²) in [6.45, 7) is 0.517. The Kier molecular flexibility index (Phi) is 2.30. The summed E-state index contributed by atoms with van der Waals surface area (Å²) in [6, 6.07) is 0. The minimum Gasteiger partial charge on any atom is -0.787 e. The summed E-state index contributed by atoms with van der Waals surface area (Å²) < 4.78 is 23.0. The summed E-state index contributed by atoms with van der Waals surface area (Å²) in [7, 11) is -3.05. The van der Waals surface area contributed by atoms with Gasteiger partial charge in [-0.1, -0.05) is 0 Å². The van der Waals surface area contributed by atoms with Crippen molar-refractivity contribution in [3.63, 3.8) is 0 Å². The fraction of sp³-hybridized carbons (Fsp3) is 0.800. The molecule has 1 heterocycles. The molecule has 1 aliphatic rings. The van der Waals surface area contributed by atoms with Crippen LogP contribution in [0.3, 0.4) is 0 Å². The third-order valence-electron chi connectivity index (χ3n) is 1.48. The molecule has 0 aromatic rings. The van der Waals surface area contributed by atoms with E-state index in [2.05, 4.69) is 0 Å². The highest BCUT2D eigenvalue weighted by Crippen LogP contribution is 2.47. The van der Waals surface area contributed by atoms with Gasteiger partial charge in [-0.25, -0.2) is 0 Å². The van der Waals surface area contributed by atoms with E-state index in [4.69, 9.17) is 0 Å². The summed E-state index contributed by atoms with van der Waals surface area (Å²) in [6.07, 6.45) is 1.26. The van der Waals surface area contributed by atoms with Crippen LogP contribution in [-0.4, -0.2) is 38.5 Å². The van der Waals surface area contributed by atoms with E-state index >= 15 is 0 Å². The summed E-state index contributed by atoms with van der Waals surface area (Å²) >= 11 is 0. The normalized spacial score (nSPS) is 28.2. The molecule has 1 saturated heterocycles. The lowest BCUT2D eigenvalue weighted by Crippen LogP contribution is -2.24. The SMILES string of the molecule is O=CCN1CCCS1([O-])[O-]. The fourth-order valence-corrected chi connectivity index (χ4v) is 2.43. The highest BCUT2D eigenvalue weighted by Gasteiger charge is 2.14. The predicted octanol–water partition coefficient (Wildman–Crippen LogP) is -0.129. The minimum atomic E-state index is -3.05. The van der Waals surface area contributed by atoms with Gasteiger partial charge in [-0.2, -0.15) is 0 Å². The van der Waals surface area contributed by atoms with Crippen LogP contribution in [0.5, 0.6) is 0 Å². The smallest absolute Gasteiger partial charge is 0.135 e. The number of hydrogen-bond acceptors (Lipinski definition) is 4. The van der Waals surface area contributed by atoms with Crippen molar-refractivity contribution in [2.24, 2.45) is 0 Å². The maximum Gasteiger partial charge on any atom is 0.135 e. The Morgan fingerprint density at radius 2 is 2.30 bits per heavy atom. The van der Waals surface area contributed by atoms with Crippen LogP contribution in [0.15, 0.2) is 0 Å². The van der Waals surface area contributed by atoms with Gasteiger partial charge in [0.2, 0.25) is 0 Å². The van der Waals surface area contributed by atoms with Crippen molar-refractivity contribution in [1.29, 1.82) is 0 Å². The zero-order valence-electron chi connectivity index (χ0n) is 5.49. The second-order valence-electron chi connectivity index (χ2n) is 2.19. The molecule has 0 atom stereocenters. The third kappa shape index (κ3) is 1.49. The largest absolute Gasteiger partial charge is 0.787 e. The zero-order valence-corrected chi connectivity index (χ0v) is 6.30. The molecule has 0 saturated carbocycles. The summed E-state index contributed by atoms with van der Waals surface area (Å²) in [5.41, 5.74) is 0. The molecule has 0 aliphatic carbocycles. The van der Waals surface area contributed by atoms with Crippen molar-refractivity contribution in [2.75, 3.05) is 18.8 Å². The number of nitrogens with zero attached hydrogens (tertiary/aromatic N) is 1. The highest BCUT2D eigenvalue weighted by molar-refractivity contribution is 8.22. The quantitative estimate of drug-likeness (QED) is 0.532. The third-order valence-corrected chi connectivity index (χ3v) is 3.40. The molecule has 1 fully saturated rings. The van der Waals surface area contributed by atoms with Gasteiger partial charge < -0.3 is 24.7 Å². The van der Waals surface area contributed by atoms with Gasteiger partial charge in [0, 0.05) is 6.54 Å². The second-order valence-corrected chi connectivity index (χ2v) is 4.28. The van der Waals surface area contributed by atoms with Gasteiger partial charge in [0.05, 0.1) is 6.54 Å². The average molecular weight is 163 g/mol. The molecule has 0 spiro atoms. The molecule has 0 radical (unpaired) electrons. The monoisotopic (exact) mass is 163 g/mol. The highest BCUT2D eigenvalue weighted by atomic mass is 32.3. The number of sulfonamides is 1. The van der Waals surface area contributed by atoms with Crippen LogP contribution in [0.4, 0.5) is 0 Å². The molecule has 0 N–H and O–H groups in total. The van der Waals surface area contributed by atoms with Gasteiger partial charge in [-0.05, 0) is 12.2 Å². The van der Waals surface area contributed by atoms with Gasteiger partial charge in [0.1, 0.15) is 6.29 Å². The lowest BCUT2D eigenvalue weighted by atomic mass is 10.5. The topological polar surface area (TPSA) is 66.4 Å². The number of hydrogen-bond donors (Lipinski definition) is 0. The van der Waals surface area contributed by atoms with Crippen LogP contribution in [0.25, 0.3) is 0 Å². The number of rotatable bonds is 2. The van der Waals surface area contributed by atoms with Crippen LogP contribution in [0, 0.1) is 0 Å². The minimum absolute atomic E-state index is 0.0162. The van der Waals surface area contributed by atoms with E-state index in [1.807, 2.05) is 0 Å². The van der Waals surface area contributed by atoms with E-state index in [-0.39, 0.29) is 12.3 Å². The van der Waals surface area contributed by atoms with Gasteiger partial charge >= 0.3 is 0 Å². The van der Waals surface area contributed by atoms with Crippen LogP contribution < -0.4 is 0 Å². The molecular formula is C5H9NO3S-2. The van der Waals surface area contributed by atoms with Gasteiger partial charge in [0.25, 0.3) is 0 Å². The molecule has 0 aromatic heterocycles. The van der Waals surface area contributed by atoms with E-state index in [1.165, 1.54) is 4.31 Å². The van der Waals surface area contributed by atoms with Crippen LogP contribution in [0.1, 0.15) is 6.42 Å². The summed E-state index contributed by atoms with van der Waals surface area (Å²) in [4.78, 5) is 9.94. The molecular weight excluding hydrogens is 154 g/mol. The van der Waals surface area contributed by atoms with Crippen molar-refractivity contribution < 1.29 is 13.9 Å². The van der Waals surface area contributed by atoms with Crippen LogP contribution >= 0.6 is 10.8 Å². The molecule has 0 bridgehead atoms. The van der Waals surface area contributed by atoms with E-state index in [1.54, 1.807) is 0 Å². The van der Waals surface area contributed by atoms with Crippen molar-refractivity contribution >= 4 is 17.1 Å². The van der Waals surface area contributed by atoms with Crippen molar-refractivity contribution in [3.05, 3.63) is 0 Å². The molecule has 60 valence electrons. The van der Waals surface area contributed by atoms with E-state index in [0.29, 0.717) is 19.3 Å². The number of aldehydes is 1. The number of carbonyl (C=O) groups excluding carboxylic acids is 1. The van der Waals surface area contributed by atoms with E-state index in [9.17, 15) is 13.9 Å². The summed E-state index contributed by atoms with van der Waals surface area (Å²) in [5, 5.41) is 0. The molecule has 0 amide bonds. The summed E-state index contributed by atoms with van der Waals surface area (Å²) in [5.74, 6) is 0.195. The molecule has 4 nitrogen and oxygen atoms in total. The first kappa shape index (κ1) is 8.00. The zero-order chi connectivity index (χ0) is 7.61. The van der Waals surface area contributed by atoms with Crippen molar-refractivity contribution in [3.8, 4) is 0 Å². The van der Waals surface area contributed by atoms with Gasteiger partial charge in [0.15, 0.2) is 0 Å². The van der Waals surface area contributed by atoms with Crippen LogP contribution in [0.2, 0.25) is 0 Å². The Labute approximate surface area is 61.3 Å². The van der Waals surface area contributed by atoms with Crippen LogP contribution in [-0.2, 0) is 4.79 Å². The van der Waals surface area contributed by atoms with Gasteiger partial charge in [-0.15, -0.1) is 0 Å². The maximum atomic E-state index is 10.9. The molecule has 1 rings (SSSR count). The fourth-order valence-electron chi connectivity index (χ4n) is 0.979. The van der Waals surface area contributed by atoms with E-state index in [0.717, 1.165) is 0 Å². The lowest BCUT2D eigenvalue weighted by Gasteiger charge is -2.62. The Hall–Kier alpha value is -0.100. The molecule has 1 aliphatic heterocycles. The average Bonchev–Trinajstić information content (AvgIpc) is 2.13. The van der Waals surface area contributed by atoms with E-state index < -0.39 is 10.8 Å². The second kappa shape index (κ2) is 2.87. The Balaban J connectivity index is 2.50. The first-order chi connectivity index (χ1) is 4.67. The Bertz CT molecular complexity index is 139. The number of carbonyl (C=O) groups is 1. The lowest BCUT2D eigenvalue weighted by molar-refractivity contribution is -0.108. The maximum absolute atomic E-state index is 10.9. The Morgan fingerprint density at radius 1 is 1.60 bits per heavy atom. The molecule has 10 heavy (non-hydrogen) atoms.